The van der Waals surface area contributed by atoms with Gasteiger partial charge in [0, 0.05) is 31.7 Å². The number of rotatable bonds is 3. The Bertz CT molecular complexity index is 409. The molecular weight excluding hydrogens is 222 g/mol. The highest BCUT2D eigenvalue weighted by Gasteiger charge is 2.29. The second-order valence-corrected chi connectivity index (χ2v) is 5.22. The van der Waals surface area contributed by atoms with E-state index in [9.17, 15) is 0 Å². The van der Waals surface area contributed by atoms with Crippen molar-refractivity contribution in [3.63, 3.8) is 0 Å². The minimum atomic E-state index is 0.358. The Morgan fingerprint density at radius 1 is 1.28 bits per heavy atom. The van der Waals surface area contributed by atoms with Gasteiger partial charge in [-0.1, -0.05) is 30.3 Å². The van der Waals surface area contributed by atoms with E-state index in [1.807, 2.05) is 6.07 Å². The topological polar surface area (TPSA) is 30.3 Å². The predicted octanol–water partition coefficient (Wildman–Crippen LogP) is 2.10. The molecule has 18 heavy (non-hydrogen) atoms. The van der Waals surface area contributed by atoms with Crippen molar-refractivity contribution in [2.24, 2.45) is 0 Å². The molecule has 1 aromatic carbocycles. The van der Waals surface area contributed by atoms with Crippen molar-refractivity contribution in [2.75, 3.05) is 20.1 Å². The average molecular weight is 243 g/mol. The van der Waals surface area contributed by atoms with Crippen LogP contribution >= 0.6 is 0 Å². The Hall–Kier alpha value is -1.37. The van der Waals surface area contributed by atoms with Crippen molar-refractivity contribution < 1.29 is 0 Å². The molecule has 0 amide bonds. The molecule has 1 aliphatic heterocycles. The van der Waals surface area contributed by atoms with Gasteiger partial charge in [0.1, 0.15) is 0 Å². The summed E-state index contributed by atoms with van der Waals surface area (Å²) in [6, 6.07) is 13.8. The summed E-state index contributed by atoms with van der Waals surface area (Å²) in [4.78, 5) is 4.80. The number of nitriles is 1. The number of nitrogens with zero attached hydrogens (tertiary/aromatic N) is 3. The van der Waals surface area contributed by atoms with Crippen LogP contribution in [0, 0.1) is 11.3 Å². The standard InChI is InChI=1S/C15H21N3/c1-13-10-18(11-14-6-4-3-5-7-14)15(8-9-16)12-17(13)2/h3-7,13,15H,8,10-12H2,1-2H3. The van der Waals surface area contributed by atoms with E-state index in [2.05, 4.69) is 54.1 Å². The second kappa shape index (κ2) is 5.99. The molecule has 1 heterocycles. The molecule has 0 aliphatic carbocycles. The molecule has 1 aliphatic rings. The number of likely N-dealkylation sites (N-methyl/N-ethyl adjacent to an activating group) is 1. The van der Waals surface area contributed by atoms with E-state index in [1.165, 1.54) is 5.56 Å². The van der Waals surface area contributed by atoms with Gasteiger partial charge in [0.15, 0.2) is 0 Å². The van der Waals surface area contributed by atoms with E-state index in [-0.39, 0.29) is 0 Å². The van der Waals surface area contributed by atoms with Gasteiger partial charge in [-0.25, -0.2) is 0 Å². The number of piperazine rings is 1. The number of hydrogen-bond acceptors (Lipinski definition) is 3. The van der Waals surface area contributed by atoms with Crippen LogP contribution in [0.25, 0.3) is 0 Å². The SMILES string of the molecule is CC1CN(Cc2ccccc2)C(CC#N)CN1C. The fraction of sp³-hybridized carbons (Fsp3) is 0.533. The minimum Gasteiger partial charge on any atom is -0.301 e. The minimum absolute atomic E-state index is 0.358. The highest BCUT2D eigenvalue weighted by molar-refractivity contribution is 5.15. The third-order valence-electron chi connectivity index (χ3n) is 3.82. The van der Waals surface area contributed by atoms with Gasteiger partial charge in [-0.3, -0.25) is 4.90 Å². The Balaban J connectivity index is 2.06. The molecule has 96 valence electrons. The molecular formula is C15H21N3. The second-order valence-electron chi connectivity index (χ2n) is 5.22. The van der Waals surface area contributed by atoms with Crippen molar-refractivity contribution in [3.8, 4) is 6.07 Å². The van der Waals surface area contributed by atoms with Gasteiger partial charge >= 0.3 is 0 Å². The number of benzene rings is 1. The van der Waals surface area contributed by atoms with Crippen LogP contribution in [0.2, 0.25) is 0 Å². The Morgan fingerprint density at radius 2 is 2.00 bits per heavy atom. The summed E-state index contributed by atoms with van der Waals surface area (Å²) in [6.45, 7) is 5.23. The number of hydrogen-bond donors (Lipinski definition) is 0. The maximum atomic E-state index is 8.96. The van der Waals surface area contributed by atoms with Crippen molar-refractivity contribution in [3.05, 3.63) is 35.9 Å². The summed E-state index contributed by atoms with van der Waals surface area (Å²) >= 11 is 0. The summed E-state index contributed by atoms with van der Waals surface area (Å²) < 4.78 is 0. The van der Waals surface area contributed by atoms with E-state index in [0.29, 0.717) is 18.5 Å². The average Bonchev–Trinajstić information content (AvgIpc) is 2.37. The van der Waals surface area contributed by atoms with Crippen LogP contribution in [-0.2, 0) is 6.54 Å². The zero-order chi connectivity index (χ0) is 13.0. The monoisotopic (exact) mass is 243 g/mol. The summed E-state index contributed by atoms with van der Waals surface area (Å²) in [5, 5.41) is 8.96. The highest BCUT2D eigenvalue weighted by atomic mass is 15.3. The smallest absolute Gasteiger partial charge is 0.0638 e. The first-order chi connectivity index (χ1) is 8.70. The lowest BCUT2D eigenvalue weighted by Crippen LogP contribution is -2.55. The maximum Gasteiger partial charge on any atom is 0.0638 e. The molecule has 1 saturated heterocycles. The molecule has 0 radical (unpaired) electrons. The Kier molecular flexibility index (Phi) is 4.35. The van der Waals surface area contributed by atoms with Crippen molar-refractivity contribution in [1.82, 2.24) is 9.80 Å². The fourth-order valence-corrected chi connectivity index (χ4v) is 2.57. The molecule has 0 spiro atoms. The normalized spacial score (nSPS) is 25.8. The van der Waals surface area contributed by atoms with Crippen LogP contribution in [0.1, 0.15) is 18.9 Å². The molecule has 3 heteroatoms. The van der Waals surface area contributed by atoms with Gasteiger partial charge in [-0.15, -0.1) is 0 Å². The van der Waals surface area contributed by atoms with Gasteiger partial charge in [0.2, 0.25) is 0 Å². The van der Waals surface area contributed by atoms with E-state index < -0.39 is 0 Å². The van der Waals surface area contributed by atoms with Gasteiger partial charge in [-0.2, -0.15) is 5.26 Å². The largest absolute Gasteiger partial charge is 0.301 e. The van der Waals surface area contributed by atoms with Crippen LogP contribution in [0.5, 0.6) is 0 Å². The first-order valence-corrected chi connectivity index (χ1v) is 6.56. The summed E-state index contributed by atoms with van der Waals surface area (Å²) in [7, 11) is 2.15. The fourth-order valence-electron chi connectivity index (χ4n) is 2.57. The summed E-state index contributed by atoms with van der Waals surface area (Å²) in [5.74, 6) is 0. The van der Waals surface area contributed by atoms with Crippen molar-refractivity contribution in [1.29, 1.82) is 5.26 Å². The Labute approximate surface area is 110 Å². The Morgan fingerprint density at radius 3 is 2.67 bits per heavy atom. The molecule has 2 rings (SSSR count). The zero-order valence-corrected chi connectivity index (χ0v) is 11.2. The van der Waals surface area contributed by atoms with Crippen LogP contribution in [-0.4, -0.2) is 42.0 Å². The van der Waals surface area contributed by atoms with Crippen LogP contribution < -0.4 is 0 Å². The molecule has 2 atom stereocenters. The molecule has 2 unspecified atom stereocenters. The quantitative estimate of drug-likeness (QED) is 0.814. The van der Waals surface area contributed by atoms with Gasteiger partial charge < -0.3 is 4.90 Å². The zero-order valence-electron chi connectivity index (χ0n) is 11.2. The first-order valence-electron chi connectivity index (χ1n) is 6.56. The lowest BCUT2D eigenvalue weighted by atomic mass is 10.0. The van der Waals surface area contributed by atoms with E-state index in [4.69, 9.17) is 5.26 Å². The third kappa shape index (κ3) is 3.10. The molecule has 0 aromatic heterocycles. The molecule has 0 saturated carbocycles. The summed E-state index contributed by atoms with van der Waals surface area (Å²) in [6.07, 6.45) is 0.615. The van der Waals surface area contributed by atoms with Crippen LogP contribution in [0.4, 0.5) is 0 Å². The van der Waals surface area contributed by atoms with Crippen LogP contribution in [0.15, 0.2) is 30.3 Å². The van der Waals surface area contributed by atoms with Crippen molar-refractivity contribution >= 4 is 0 Å². The third-order valence-corrected chi connectivity index (χ3v) is 3.82. The highest BCUT2D eigenvalue weighted by Crippen LogP contribution is 2.18. The molecule has 3 nitrogen and oxygen atoms in total. The lowest BCUT2D eigenvalue weighted by molar-refractivity contribution is 0.0480. The lowest BCUT2D eigenvalue weighted by Gasteiger charge is -2.43. The van der Waals surface area contributed by atoms with E-state index in [1.54, 1.807) is 0 Å². The van der Waals surface area contributed by atoms with Crippen molar-refractivity contribution in [2.45, 2.75) is 32.0 Å². The van der Waals surface area contributed by atoms with Gasteiger partial charge in [-0.05, 0) is 19.5 Å². The van der Waals surface area contributed by atoms with Gasteiger partial charge in [0.25, 0.3) is 0 Å². The van der Waals surface area contributed by atoms with E-state index >= 15 is 0 Å². The predicted molar refractivity (Wildman–Crippen MR) is 73.0 cm³/mol. The maximum absolute atomic E-state index is 8.96. The first kappa shape index (κ1) is 13.1. The molecule has 1 aromatic rings. The van der Waals surface area contributed by atoms with Gasteiger partial charge in [0.05, 0.1) is 12.5 Å². The van der Waals surface area contributed by atoms with Crippen LogP contribution in [0.3, 0.4) is 0 Å². The molecule has 1 fully saturated rings. The summed E-state index contributed by atoms with van der Waals surface area (Å²) in [5.41, 5.74) is 1.33. The van der Waals surface area contributed by atoms with E-state index in [0.717, 1.165) is 19.6 Å². The molecule has 0 N–H and O–H groups in total. The molecule has 0 bridgehead atoms.